The summed E-state index contributed by atoms with van der Waals surface area (Å²) in [5, 5.41) is 13.1. The Labute approximate surface area is 145 Å². The fraction of sp³-hybridized carbons (Fsp3) is 0.278. The molecule has 2 aromatic carbocycles. The first-order valence-corrected chi connectivity index (χ1v) is 7.87. The zero-order valence-corrected chi connectivity index (χ0v) is 14.4. The summed E-state index contributed by atoms with van der Waals surface area (Å²) in [4.78, 5) is 12.1. The Bertz CT molecular complexity index is 819. The van der Waals surface area contributed by atoms with E-state index in [-0.39, 0.29) is 24.0 Å². The molecule has 0 aromatic heterocycles. The Balaban J connectivity index is 2.18. The summed E-state index contributed by atoms with van der Waals surface area (Å²) in [6, 6.07) is 7.07. The maximum Gasteiger partial charge on any atom is 0.225 e. The van der Waals surface area contributed by atoms with E-state index in [1.54, 1.807) is 19.2 Å². The molecular weight excluding hydrogens is 330 g/mol. The molecule has 0 bridgehead atoms. The number of carbonyl (C=O) groups excluding carboxylic acids is 1. The van der Waals surface area contributed by atoms with Crippen molar-refractivity contribution in [1.82, 2.24) is 0 Å². The van der Waals surface area contributed by atoms with Gasteiger partial charge in [-0.3, -0.25) is 4.79 Å². The summed E-state index contributed by atoms with van der Waals surface area (Å²) < 4.78 is 10.6. The zero-order valence-electron chi connectivity index (χ0n) is 13.6. The number of fused-ring (bicyclic) bond motifs is 1. The van der Waals surface area contributed by atoms with Gasteiger partial charge in [-0.05, 0) is 35.7 Å². The van der Waals surface area contributed by atoms with Crippen molar-refractivity contribution in [3.8, 4) is 17.2 Å². The van der Waals surface area contributed by atoms with E-state index in [1.807, 2.05) is 19.1 Å². The molecule has 0 unspecified atom stereocenters. The van der Waals surface area contributed by atoms with E-state index in [0.29, 0.717) is 22.2 Å². The molecule has 1 heterocycles. The molecule has 6 heteroatoms. The average Bonchev–Trinajstić information content (AvgIpc) is 2.55. The minimum atomic E-state index is -0.222. The van der Waals surface area contributed by atoms with Gasteiger partial charge in [0, 0.05) is 24.1 Å². The largest absolute Gasteiger partial charge is 0.508 e. The van der Waals surface area contributed by atoms with Gasteiger partial charge >= 0.3 is 0 Å². The number of ether oxygens (including phenoxy) is 2. The predicted octanol–water partition coefficient (Wildman–Crippen LogP) is 3.85. The number of hydrogen-bond donors (Lipinski definition) is 2. The van der Waals surface area contributed by atoms with Crippen LogP contribution in [0.15, 0.2) is 24.3 Å². The van der Waals surface area contributed by atoms with Crippen molar-refractivity contribution >= 4 is 23.2 Å². The van der Waals surface area contributed by atoms with E-state index in [9.17, 15) is 9.90 Å². The van der Waals surface area contributed by atoms with Crippen LogP contribution in [0.25, 0.3) is 0 Å². The maximum absolute atomic E-state index is 12.1. The normalized spacial score (nSPS) is 16.3. The lowest BCUT2D eigenvalue weighted by molar-refractivity contribution is -0.116. The lowest BCUT2D eigenvalue weighted by atomic mass is 9.83. The maximum atomic E-state index is 12.1. The number of carbonyl (C=O) groups is 1. The molecule has 0 fully saturated rings. The first kappa shape index (κ1) is 16.5. The number of methoxy groups -OCH3 is 2. The highest BCUT2D eigenvalue weighted by atomic mass is 35.5. The first-order chi connectivity index (χ1) is 11.5. The monoisotopic (exact) mass is 347 g/mol. The fourth-order valence-corrected chi connectivity index (χ4v) is 3.43. The van der Waals surface area contributed by atoms with E-state index in [1.165, 1.54) is 7.11 Å². The highest BCUT2D eigenvalue weighted by Crippen LogP contribution is 2.46. The number of rotatable bonds is 3. The second-order valence-electron chi connectivity index (χ2n) is 5.74. The number of phenolic OH excluding ortho intramolecular Hbond substituents is 1. The van der Waals surface area contributed by atoms with E-state index < -0.39 is 0 Å². The van der Waals surface area contributed by atoms with Crippen molar-refractivity contribution in [3.05, 3.63) is 46.0 Å². The third kappa shape index (κ3) is 2.65. The minimum absolute atomic E-state index is 0.124. The van der Waals surface area contributed by atoms with Gasteiger partial charge in [-0.1, -0.05) is 17.7 Å². The van der Waals surface area contributed by atoms with Crippen LogP contribution in [0.4, 0.5) is 5.69 Å². The van der Waals surface area contributed by atoms with Gasteiger partial charge in [0.2, 0.25) is 5.91 Å². The number of aromatic hydroxyl groups is 1. The van der Waals surface area contributed by atoms with Crippen molar-refractivity contribution < 1.29 is 19.4 Å². The number of amides is 1. The van der Waals surface area contributed by atoms with Crippen LogP contribution in [-0.2, 0) is 4.79 Å². The van der Waals surface area contributed by atoms with Crippen LogP contribution in [0.2, 0.25) is 5.02 Å². The highest BCUT2D eigenvalue weighted by Gasteiger charge is 2.30. The lowest BCUT2D eigenvalue weighted by Crippen LogP contribution is -2.24. The van der Waals surface area contributed by atoms with Gasteiger partial charge in [0.15, 0.2) is 11.5 Å². The molecular formula is C18H18ClNO4. The molecule has 2 aromatic rings. The molecule has 5 nitrogen and oxygen atoms in total. The van der Waals surface area contributed by atoms with Crippen LogP contribution in [0.5, 0.6) is 17.2 Å². The zero-order chi connectivity index (χ0) is 17.4. The Morgan fingerprint density at radius 1 is 1.21 bits per heavy atom. The molecule has 1 atom stereocenters. The Morgan fingerprint density at radius 2 is 1.96 bits per heavy atom. The number of aryl methyl sites for hydroxylation is 1. The summed E-state index contributed by atoms with van der Waals surface area (Å²) in [5.74, 6) is 0.781. The van der Waals surface area contributed by atoms with Crippen molar-refractivity contribution in [3.63, 3.8) is 0 Å². The predicted molar refractivity (Wildman–Crippen MR) is 92.5 cm³/mol. The van der Waals surface area contributed by atoms with Crippen LogP contribution in [-0.4, -0.2) is 25.2 Å². The number of halogens is 1. The van der Waals surface area contributed by atoms with E-state index in [4.69, 9.17) is 21.1 Å². The number of nitrogens with one attached hydrogen (secondary N) is 1. The number of hydrogen-bond acceptors (Lipinski definition) is 4. The minimum Gasteiger partial charge on any atom is -0.508 e. The van der Waals surface area contributed by atoms with E-state index in [2.05, 4.69) is 5.32 Å². The van der Waals surface area contributed by atoms with Gasteiger partial charge in [-0.15, -0.1) is 0 Å². The third-order valence-corrected chi connectivity index (χ3v) is 4.69. The smallest absolute Gasteiger partial charge is 0.225 e. The van der Waals surface area contributed by atoms with Crippen LogP contribution in [0.3, 0.4) is 0 Å². The molecule has 3 rings (SSSR count). The molecule has 24 heavy (non-hydrogen) atoms. The molecule has 0 radical (unpaired) electrons. The van der Waals surface area contributed by atoms with Crippen LogP contribution >= 0.6 is 11.6 Å². The Hall–Kier alpha value is -2.40. The second kappa shape index (κ2) is 6.24. The molecule has 1 amide bonds. The van der Waals surface area contributed by atoms with Crippen LogP contribution in [0, 0.1) is 6.92 Å². The quantitative estimate of drug-likeness (QED) is 0.885. The summed E-state index contributed by atoms with van der Waals surface area (Å²) in [6.45, 7) is 1.82. The van der Waals surface area contributed by atoms with Gasteiger partial charge in [-0.25, -0.2) is 0 Å². The van der Waals surface area contributed by atoms with Gasteiger partial charge < -0.3 is 19.9 Å². The van der Waals surface area contributed by atoms with Gasteiger partial charge in [0.1, 0.15) is 5.75 Å². The lowest BCUT2D eigenvalue weighted by Gasteiger charge is -2.28. The molecule has 0 saturated carbocycles. The number of phenols is 1. The molecule has 126 valence electrons. The Kier molecular flexibility index (Phi) is 4.28. The second-order valence-corrected chi connectivity index (χ2v) is 6.11. The fourth-order valence-electron chi connectivity index (χ4n) is 3.06. The summed E-state index contributed by atoms with van der Waals surface area (Å²) in [5.41, 5.74) is 3.05. The Morgan fingerprint density at radius 3 is 2.62 bits per heavy atom. The van der Waals surface area contributed by atoms with Gasteiger partial charge in [0.25, 0.3) is 0 Å². The molecule has 0 saturated heterocycles. The molecule has 0 aliphatic carbocycles. The molecule has 2 N–H and O–H groups in total. The van der Waals surface area contributed by atoms with E-state index >= 15 is 0 Å². The SMILES string of the molecule is COc1ccc([C@H]2CC(=O)Nc3cc(O)c(C)cc32)c(Cl)c1OC. The van der Waals surface area contributed by atoms with Crippen LogP contribution in [0.1, 0.15) is 29.0 Å². The van der Waals surface area contributed by atoms with E-state index in [0.717, 1.165) is 16.7 Å². The standard InChI is InChI=1S/C18H18ClNO4/c1-9-6-12-11(7-16(22)20-13(12)8-14(9)21)10-4-5-15(23-2)18(24-3)17(10)19/h4-6,8,11,21H,7H2,1-3H3,(H,20,22)/t11-/m1/s1. The van der Waals surface area contributed by atoms with Crippen molar-refractivity contribution in [2.75, 3.05) is 19.5 Å². The first-order valence-electron chi connectivity index (χ1n) is 7.50. The number of benzene rings is 2. The van der Waals surface area contributed by atoms with Gasteiger partial charge in [-0.2, -0.15) is 0 Å². The topological polar surface area (TPSA) is 67.8 Å². The summed E-state index contributed by atoms with van der Waals surface area (Å²) in [7, 11) is 3.07. The highest BCUT2D eigenvalue weighted by molar-refractivity contribution is 6.33. The van der Waals surface area contributed by atoms with Crippen LogP contribution < -0.4 is 14.8 Å². The molecule has 1 aliphatic heterocycles. The van der Waals surface area contributed by atoms with Crippen molar-refractivity contribution in [2.45, 2.75) is 19.3 Å². The third-order valence-electron chi connectivity index (χ3n) is 4.30. The average molecular weight is 348 g/mol. The number of anilines is 1. The summed E-state index contributed by atoms with van der Waals surface area (Å²) in [6.07, 6.45) is 0.270. The summed E-state index contributed by atoms with van der Waals surface area (Å²) >= 11 is 6.53. The molecule has 0 spiro atoms. The van der Waals surface area contributed by atoms with Crippen molar-refractivity contribution in [1.29, 1.82) is 0 Å². The molecule has 1 aliphatic rings. The van der Waals surface area contributed by atoms with Crippen molar-refractivity contribution in [2.24, 2.45) is 0 Å². The van der Waals surface area contributed by atoms with Gasteiger partial charge in [0.05, 0.1) is 19.2 Å².